The predicted molar refractivity (Wildman–Crippen MR) is 73.3 cm³/mol. The fourth-order valence-corrected chi connectivity index (χ4v) is 1.99. The van der Waals surface area contributed by atoms with Gasteiger partial charge in [-0.3, -0.25) is 24.5 Å². The molecule has 1 aromatic heterocycles. The largest absolute Gasteiger partial charge is 0.328 e. The molecule has 0 amide bonds. The van der Waals surface area contributed by atoms with Crippen molar-refractivity contribution in [3.8, 4) is 0 Å². The monoisotopic (exact) mass is 295 g/mol. The molecule has 0 aliphatic carbocycles. The van der Waals surface area contributed by atoms with E-state index < -0.39 is 16.2 Å². The number of aromatic amines is 1. The molecular formula is C12H10ClN3O4. The molecule has 0 fully saturated rings. The number of H-pyrrole nitrogens is 1. The van der Waals surface area contributed by atoms with Crippen LogP contribution in [-0.4, -0.2) is 14.5 Å². The normalized spacial score (nSPS) is 10.5. The van der Waals surface area contributed by atoms with Crippen molar-refractivity contribution in [1.82, 2.24) is 9.55 Å². The maximum absolute atomic E-state index is 11.6. The molecule has 8 heteroatoms. The Morgan fingerprint density at radius 2 is 2.10 bits per heavy atom. The Hall–Kier alpha value is -2.41. The van der Waals surface area contributed by atoms with Gasteiger partial charge in [0.15, 0.2) is 0 Å². The summed E-state index contributed by atoms with van der Waals surface area (Å²) in [5.41, 5.74) is -0.240. The van der Waals surface area contributed by atoms with Gasteiger partial charge >= 0.3 is 5.69 Å². The van der Waals surface area contributed by atoms with E-state index in [2.05, 4.69) is 4.98 Å². The number of aromatic nitrogens is 2. The molecule has 0 unspecified atom stereocenters. The van der Waals surface area contributed by atoms with Gasteiger partial charge in [-0.1, -0.05) is 23.7 Å². The quantitative estimate of drug-likeness (QED) is 0.684. The number of nitrogens with one attached hydrogen (secondary N) is 1. The van der Waals surface area contributed by atoms with Crippen LogP contribution in [0.5, 0.6) is 0 Å². The summed E-state index contributed by atoms with van der Waals surface area (Å²) in [6.45, 7) is 1.69. The summed E-state index contributed by atoms with van der Waals surface area (Å²) in [5, 5.41) is 10.7. The first kappa shape index (κ1) is 14.0. The van der Waals surface area contributed by atoms with Crippen molar-refractivity contribution in [2.45, 2.75) is 13.5 Å². The molecule has 1 aromatic carbocycles. The highest BCUT2D eigenvalue weighted by Crippen LogP contribution is 2.21. The molecule has 0 saturated carbocycles. The van der Waals surface area contributed by atoms with E-state index in [-0.39, 0.29) is 17.3 Å². The summed E-state index contributed by atoms with van der Waals surface area (Å²) < 4.78 is 1.19. The lowest BCUT2D eigenvalue weighted by Crippen LogP contribution is -2.30. The lowest BCUT2D eigenvalue weighted by molar-refractivity contribution is -0.385. The van der Waals surface area contributed by atoms with Gasteiger partial charge in [0.25, 0.3) is 11.2 Å². The summed E-state index contributed by atoms with van der Waals surface area (Å²) in [6.07, 6.45) is 1.21. The Kier molecular flexibility index (Phi) is 3.71. The minimum absolute atomic E-state index is 0.0222. The van der Waals surface area contributed by atoms with Crippen LogP contribution in [-0.2, 0) is 6.54 Å². The fraction of sp³-hybridized carbons (Fsp3) is 0.167. The van der Waals surface area contributed by atoms with Gasteiger partial charge in [-0.25, -0.2) is 4.79 Å². The second-order valence-electron chi connectivity index (χ2n) is 4.18. The number of benzene rings is 1. The predicted octanol–water partition coefficient (Wildman–Crippen LogP) is 1.45. The van der Waals surface area contributed by atoms with E-state index in [0.717, 1.165) is 0 Å². The first-order valence-electron chi connectivity index (χ1n) is 5.62. The van der Waals surface area contributed by atoms with Gasteiger partial charge in [0.05, 0.1) is 11.5 Å². The third-order valence-electron chi connectivity index (χ3n) is 2.92. The zero-order chi connectivity index (χ0) is 14.9. The first-order valence-corrected chi connectivity index (χ1v) is 6.00. The summed E-state index contributed by atoms with van der Waals surface area (Å²) >= 11 is 5.66. The smallest absolute Gasteiger partial charge is 0.295 e. The Balaban J connectivity index is 2.48. The number of hydrogen-bond donors (Lipinski definition) is 1. The van der Waals surface area contributed by atoms with Gasteiger partial charge < -0.3 is 0 Å². The zero-order valence-electron chi connectivity index (χ0n) is 10.4. The van der Waals surface area contributed by atoms with Crippen LogP contribution in [0, 0.1) is 17.0 Å². The van der Waals surface area contributed by atoms with Gasteiger partial charge in [0, 0.05) is 17.8 Å². The first-order chi connectivity index (χ1) is 9.40. The summed E-state index contributed by atoms with van der Waals surface area (Å²) in [7, 11) is 0. The van der Waals surface area contributed by atoms with Crippen molar-refractivity contribution in [3.05, 3.63) is 71.5 Å². The Bertz CT molecular complexity index is 794. The van der Waals surface area contributed by atoms with Gasteiger partial charge in [-0.15, -0.1) is 0 Å². The van der Waals surface area contributed by atoms with Crippen LogP contribution < -0.4 is 11.2 Å². The number of rotatable bonds is 3. The molecule has 0 atom stereocenters. The van der Waals surface area contributed by atoms with E-state index in [0.29, 0.717) is 11.1 Å². The van der Waals surface area contributed by atoms with Crippen molar-refractivity contribution in [2.24, 2.45) is 0 Å². The van der Waals surface area contributed by atoms with Gasteiger partial charge in [0.2, 0.25) is 0 Å². The van der Waals surface area contributed by atoms with Crippen molar-refractivity contribution < 1.29 is 4.92 Å². The highest BCUT2D eigenvalue weighted by Gasteiger charge is 2.14. The maximum atomic E-state index is 11.6. The van der Waals surface area contributed by atoms with Crippen molar-refractivity contribution in [2.75, 3.05) is 0 Å². The standard InChI is InChI=1S/C12H10ClN3O4/c1-7-8(3-2-4-10(7)16(19)20)5-15-6-9(13)11(17)14-12(15)18/h2-4,6H,5H2,1H3,(H,14,17,18). The van der Waals surface area contributed by atoms with E-state index in [1.54, 1.807) is 19.1 Å². The SMILES string of the molecule is Cc1c(Cn2cc(Cl)c(=O)[nH]c2=O)cccc1[N+](=O)[O-]. The highest BCUT2D eigenvalue weighted by atomic mass is 35.5. The Labute approximate surface area is 117 Å². The second-order valence-corrected chi connectivity index (χ2v) is 4.59. The van der Waals surface area contributed by atoms with Gasteiger partial charge in [-0.2, -0.15) is 0 Å². The summed E-state index contributed by atoms with van der Waals surface area (Å²) in [4.78, 5) is 35.3. The summed E-state index contributed by atoms with van der Waals surface area (Å²) in [6, 6.07) is 4.61. The molecule has 0 saturated heterocycles. The molecule has 1 N–H and O–H groups in total. The molecule has 2 rings (SSSR count). The second kappa shape index (κ2) is 5.30. The molecule has 0 bridgehead atoms. The van der Waals surface area contributed by atoms with E-state index in [1.165, 1.54) is 16.8 Å². The zero-order valence-corrected chi connectivity index (χ0v) is 11.2. The number of hydrogen-bond acceptors (Lipinski definition) is 4. The van der Waals surface area contributed by atoms with Crippen LogP contribution in [0.3, 0.4) is 0 Å². The summed E-state index contributed by atoms with van der Waals surface area (Å²) in [5.74, 6) is 0. The van der Waals surface area contributed by atoms with Crippen LogP contribution in [0.25, 0.3) is 0 Å². The molecule has 2 aromatic rings. The van der Waals surface area contributed by atoms with Crippen molar-refractivity contribution >= 4 is 17.3 Å². The van der Waals surface area contributed by atoms with E-state index in [9.17, 15) is 19.7 Å². The Morgan fingerprint density at radius 1 is 1.40 bits per heavy atom. The maximum Gasteiger partial charge on any atom is 0.328 e. The molecule has 0 aliphatic rings. The topological polar surface area (TPSA) is 98.0 Å². The average molecular weight is 296 g/mol. The molecule has 104 valence electrons. The minimum Gasteiger partial charge on any atom is -0.295 e. The van der Waals surface area contributed by atoms with Crippen molar-refractivity contribution in [1.29, 1.82) is 0 Å². The molecule has 1 heterocycles. The van der Waals surface area contributed by atoms with Gasteiger partial charge in [0.1, 0.15) is 5.02 Å². The molecular weight excluding hydrogens is 286 g/mol. The lowest BCUT2D eigenvalue weighted by Gasteiger charge is -2.08. The molecule has 0 spiro atoms. The third kappa shape index (κ3) is 2.62. The van der Waals surface area contributed by atoms with Crippen LogP contribution in [0.2, 0.25) is 5.02 Å². The fourth-order valence-electron chi connectivity index (χ4n) is 1.82. The van der Waals surface area contributed by atoms with Crippen LogP contribution in [0.15, 0.2) is 34.0 Å². The molecule has 0 aliphatic heterocycles. The highest BCUT2D eigenvalue weighted by molar-refractivity contribution is 6.30. The number of halogens is 1. The van der Waals surface area contributed by atoms with Crippen LogP contribution in [0.1, 0.15) is 11.1 Å². The molecule has 20 heavy (non-hydrogen) atoms. The van der Waals surface area contributed by atoms with Gasteiger partial charge in [-0.05, 0) is 12.5 Å². The lowest BCUT2D eigenvalue weighted by atomic mass is 10.1. The minimum atomic E-state index is -0.663. The number of nitrogens with zero attached hydrogens (tertiary/aromatic N) is 2. The van der Waals surface area contributed by atoms with Crippen LogP contribution >= 0.6 is 11.6 Å². The van der Waals surface area contributed by atoms with E-state index in [1.807, 2.05) is 0 Å². The third-order valence-corrected chi connectivity index (χ3v) is 3.19. The number of nitro groups is 1. The average Bonchev–Trinajstić information content (AvgIpc) is 2.37. The van der Waals surface area contributed by atoms with Crippen molar-refractivity contribution in [3.63, 3.8) is 0 Å². The molecule has 7 nitrogen and oxygen atoms in total. The number of nitro benzene ring substituents is 1. The van der Waals surface area contributed by atoms with E-state index >= 15 is 0 Å². The van der Waals surface area contributed by atoms with Crippen LogP contribution in [0.4, 0.5) is 5.69 Å². The van der Waals surface area contributed by atoms with E-state index in [4.69, 9.17) is 11.6 Å². The molecule has 0 radical (unpaired) electrons. The Morgan fingerprint density at radius 3 is 2.75 bits per heavy atom.